The second-order valence-electron chi connectivity index (χ2n) is 2.73. The first-order valence-corrected chi connectivity index (χ1v) is 5.15. The molecule has 1 aromatic heterocycles. The molecule has 0 aliphatic heterocycles. The summed E-state index contributed by atoms with van der Waals surface area (Å²) in [7, 11) is 0. The lowest BCUT2D eigenvalue weighted by Crippen LogP contribution is -1.98. The standard InChI is InChI=1S/C9H10N2O2S/c12-5-11-8-4-2-1-3-7(8)10-9(11)14-6-13/h1-4,12-13H,5-6H2. The van der Waals surface area contributed by atoms with Crippen LogP contribution in [0.4, 0.5) is 0 Å². The van der Waals surface area contributed by atoms with Crippen molar-refractivity contribution >= 4 is 22.8 Å². The van der Waals surface area contributed by atoms with E-state index in [-0.39, 0.29) is 12.7 Å². The van der Waals surface area contributed by atoms with Crippen molar-refractivity contribution in [3.63, 3.8) is 0 Å². The van der Waals surface area contributed by atoms with E-state index in [2.05, 4.69) is 4.98 Å². The molecule has 14 heavy (non-hydrogen) atoms. The Morgan fingerprint density at radius 1 is 1.29 bits per heavy atom. The molecule has 74 valence electrons. The number of hydrogen-bond donors (Lipinski definition) is 2. The third-order valence-electron chi connectivity index (χ3n) is 1.95. The molecule has 0 bridgehead atoms. The number of aliphatic hydroxyl groups is 2. The summed E-state index contributed by atoms with van der Waals surface area (Å²) in [5.41, 5.74) is 1.71. The van der Waals surface area contributed by atoms with Gasteiger partial charge in [0.05, 0.1) is 17.0 Å². The third-order valence-corrected chi connectivity index (χ3v) is 2.65. The van der Waals surface area contributed by atoms with E-state index in [4.69, 9.17) is 10.2 Å². The predicted octanol–water partition coefficient (Wildman–Crippen LogP) is 1.03. The normalized spacial score (nSPS) is 11.0. The summed E-state index contributed by atoms with van der Waals surface area (Å²) in [5, 5.41) is 18.6. The quantitative estimate of drug-likeness (QED) is 0.587. The Kier molecular flexibility index (Phi) is 2.72. The minimum Gasteiger partial charge on any atom is -0.385 e. The highest BCUT2D eigenvalue weighted by atomic mass is 32.2. The van der Waals surface area contributed by atoms with Crippen LogP contribution in [0.2, 0.25) is 0 Å². The number of aromatic nitrogens is 2. The van der Waals surface area contributed by atoms with Gasteiger partial charge in [-0.2, -0.15) is 0 Å². The highest BCUT2D eigenvalue weighted by molar-refractivity contribution is 7.99. The first-order valence-electron chi connectivity index (χ1n) is 4.16. The fourth-order valence-corrected chi connectivity index (χ4v) is 1.95. The lowest BCUT2D eigenvalue weighted by Gasteiger charge is -2.02. The molecule has 0 spiro atoms. The number of thioether (sulfide) groups is 1. The summed E-state index contributed by atoms with van der Waals surface area (Å²) in [6.45, 7) is -0.122. The van der Waals surface area contributed by atoms with Crippen molar-refractivity contribution in [1.82, 2.24) is 9.55 Å². The Morgan fingerprint density at radius 2 is 2.07 bits per heavy atom. The van der Waals surface area contributed by atoms with Crippen molar-refractivity contribution < 1.29 is 10.2 Å². The van der Waals surface area contributed by atoms with Crippen LogP contribution in [0.15, 0.2) is 29.4 Å². The molecule has 2 rings (SSSR count). The first-order chi connectivity index (χ1) is 6.86. The Labute approximate surface area is 85.2 Å². The lowest BCUT2D eigenvalue weighted by atomic mass is 10.3. The molecule has 2 aromatic rings. The Hall–Kier alpha value is -1.04. The molecule has 0 saturated heterocycles. The van der Waals surface area contributed by atoms with E-state index < -0.39 is 0 Å². The van der Waals surface area contributed by atoms with Crippen LogP contribution in [0.3, 0.4) is 0 Å². The molecule has 5 heteroatoms. The van der Waals surface area contributed by atoms with Gasteiger partial charge < -0.3 is 10.2 Å². The minimum atomic E-state index is -0.122. The van der Waals surface area contributed by atoms with Crippen LogP contribution in [0.5, 0.6) is 0 Å². The monoisotopic (exact) mass is 210 g/mol. The van der Waals surface area contributed by atoms with Crippen molar-refractivity contribution in [2.45, 2.75) is 11.9 Å². The summed E-state index contributed by atoms with van der Waals surface area (Å²) in [5.74, 6) is -0.0384. The number of rotatable bonds is 3. The van der Waals surface area contributed by atoms with E-state index in [0.29, 0.717) is 5.16 Å². The number of benzene rings is 1. The molecule has 0 unspecified atom stereocenters. The zero-order chi connectivity index (χ0) is 9.97. The van der Waals surface area contributed by atoms with E-state index >= 15 is 0 Å². The summed E-state index contributed by atoms with van der Waals surface area (Å²) in [6.07, 6.45) is 0. The Balaban J connectivity index is 2.60. The van der Waals surface area contributed by atoms with Gasteiger partial charge in [-0.1, -0.05) is 23.9 Å². The van der Waals surface area contributed by atoms with Gasteiger partial charge in [0.25, 0.3) is 0 Å². The molecule has 0 aliphatic rings. The highest BCUT2D eigenvalue weighted by Gasteiger charge is 2.08. The van der Waals surface area contributed by atoms with E-state index in [1.165, 1.54) is 11.8 Å². The number of fused-ring (bicyclic) bond motifs is 1. The average molecular weight is 210 g/mol. The van der Waals surface area contributed by atoms with E-state index in [1.54, 1.807) is 4.57 Å². The maximum Gasteiger partial charge on any atom is 0.173 e. The average Bonchev–Trinajstić information content (AvgIpc) is 2.55. The Morgan fingerprint density at radius 3 is 2.79 bits per heavy atom. The van der Waals surface area contributed by atoms with Gasteiger partial charge in [0.2, 0.25) is 0 Å². The van der Waals surface area contributed by atoms with Crippen LogP contribution >= 0.6 is 11.8 Å². The SMILES string of the molecule is OCSc1nc2ccccc2n1CO. The second kappa shape index (κ2) is 4.00. The van der Waals surface area contributed by atoms with Gasteiger partial charge in [0.15, 0.2) is 5.16 Å². The fourth-order valence-electron chi connectivity index (χ4n) is 1.36. The first kappa shape index (κ1) is 9.51. The zero-order valence-electron chi connectivity index (χ0n) is 7.42. The molecule has 1 heterocycles. The van der Waals surface area contributed by atoms with Gasteiger partial charge in [-0.3, -0.25) is 4.57 Å². The Bertz CT molecular complexity index is 441. The lowest BCUT2D eigenvalue weighted by molar-refractivity contribution is 0.204. The number of hydrogen-bond acceptors (Lipinski definition) is 4. The maximum absolute atomic E-state index is 9.16. The third kappa shape index (κ3) is 1.50. The van der Waals surface area contributed by atoms with Crippen LogP contribution in [-0.2, 0) is 6.73 Å². The molecule has 1 aromatic carbocycles. The molecular weight excluding hydrogens is 200 g/mol. The second-order valence-corrected chi connectivity index (χ2v) is 3.64. The molecule has 0 amide bonds. The van der Waals surface area contributed by atoms with E-state index in [1.807, 2.05) is 24.3 Å². The number of imidazole rings is 1. The molecule has 4 nitrogen and oxygen atoms in total. The molecule has 0 saturated carbocycles. The van der Waals surface area contributed by atoms with Gasteiger partial charge >= 0.3 is 0 Å². The van der Waals surface area contributed by atoms with Gasteiger partial charge in [-0.15, -0.1) is 0 Å². The van der Waals surface area contributed by atoms with E-state index in [9.17, 15) is 0 Å². The van der Waals surface area contributed by atoms with E-state index in [0.717, 1.165) is 11.0 Å². The topological polar surface area (TPSA) is 58.3 Å². The van der Waals surface area contributed by atoms with Crippen LogP contribution in [0.25, 0.3) is 11.0 Å². The summed E-state index contributed by atoms with van der Waals surface area (Å²) in [6, 6.07) is 7.55. The maximum atomic E-state index is 9.16. The minimum absolute atomic E-state index is 0.0384. The molecule has 0 radical (unpaired) electrons. The highest BCUT2D eigenvalue weighted by Crippen LogP contribution is 2.22. The van der Waals surface area contributed by atoms with Crippen LogP contribution in [0, 0.1) is 0 Å². The van der Waals surface area contributed by atoms with Crippen molar-refractivity contribution in [3.8, 4) is 0 Å². The van der Waals surface area contributed by atoms with Gasteiger partial charge in [-0.25, -0.2) is 4.98 Å². The van der Waals surface area contributed by atoms with Crippen molar-refractivity contribution in [2.24, 2.45) is 0 Å². The smallest absolute Gasteiger partial charge is 0.173 e. The van der Waals surface area contributed by atoms with Crippen molar-refractivity contribution in [2.75, 3.05) is 5.94 Å². The molecule has 0 atom stereocenters. The van der Waals surface area contributed by atoms with Gasteiger partial charge in [0, 0.05) is 0 Å². The summed E-state index contributed by atoms with van der Waals surface area (Å²) in [4.78, 5) is 4.28. The van der Waals surface area contributed by atoms with Gasteiger partial charge in [-0.05, 0) is 12.1 Å². The molecule has 2 N–H and O–H groups in total. The van der Waals surface area contributed by atoms with Crippen LogP contribution in [0.1, 0.15) is 0 Å². The molecule has 0 aliphatic carbocycles. The van der Waals surface area contributed by atoms with Crippen LogP contribution in [-0.4, -0.2) is 25.7 Å². The predicted molar refractivity (Wildman–Crippen MR) is 54.9 cm³/mol. The van der Waals surface area contributed by atoms with Gasteiger partial charge in [0.1, 0.15) is 6.73 Å². The molecular formula is C9H10N2O2S. The summed E-state index contributed by atoms with van der Waals surface area (Å²) >= 11 is 1.20. The number of para-hydroxylation sites is 2. The summed E-state index contributed by atoms with van der Waals surface area (Å²) < 4.78 is 1.66. The fraction of sp³-hybridized carbons (Fsp3) is 0.222. The van der Waals surface area contributed by atoms with Crippen LogP contribution < -0.4 is 0 Å². The molecule has 0 fully saturated rings. The zero-order valence-corrected chi connectivity index (χ0v) is 8.24. The van der Waals surface area contributed by atoms with Crippen molar-refractivity contribution in [3.05, 3.63) is 24.3 Å². The number of nitrogens with zero attached hydrogens (tertiary/aromatic N) is 2. The van der Waals surface area contributed by atoms with Crippen molar-refractivity contribution in [1.29, 1.82) is 0 Å². The largest absolute Gasteiger partial charge is 0.385 e. The number of aliphatic hydroxyl groups excluding tert-OH is 2.